The lowest BCUT2D eigenvalue weighted by atomic mass is 10.1. The Morgan fingerprint density at radius 2 is 2.12 bits per heavy atom. The minimum atomic E-state index is -3.52. The van der Waals surface area contributed by atoms with Crippen LogP contribution in [0.4, 0.5) is 19.0 Å². The molecule has 1 aromatic rings. The fraction of sp³-hybridized carbons (Fsp3) is 0.143. The lowest BCUT2D eigenvalue weighted by Crippen LogP contribution is -2.09. The van der Waals surface area contributed by atoms with Gasteiger partial charge in [-0.15, -0.1) is 0 Å². The Hall–Kier alpha value is -2.19. The quantitative estimate of drug-likeness (QED) is 0.637. The van der Waals surface area contributed by atoms with E-state index >= 15 is 0 Å². The van der Waals surface area contributed by atoms with E-state index in [0.717, 1.165) is 0 Å². The van der Waals surface area contributed by atoms with Crippen LogP contribution in [-0.2, 0) is 0 Å². The molecule has 0 aliphatic heterocycles. The lowest BCUT2D eigenvalue weighted by molar-refractivity contribution is -0.391. The molecule has 9 heteroatoms. The number of pyridine rings is 1. The van der Waals surface area contributed by atoms with Crippen molar-refractivity contribution in [1.29, 1.82) is 0 Å². The summed E-state index contributed by atoms with van der Waals surface area (Å²) in [7, 11) is 0. The van der Waals surface area contributed by atoms with Gasteiger partial charge in [0.05, 0.1) is 0 Å². The van der Waals surface area contributed by atoms with Crippen LogP contribution in [0.15, 0.2) is 6.20 Å². The zero-order valence-electron chi connectivity index (χ0n) is 7.35. The highest BCUT2D eigenvalue weighted by atomic mass is 19.3. The number of nitrogens with zero attached hydrogens (tertiary/aromatic N) is 2. The Balaban J connectivity index is 3.54. The van der Waals surface area contributed by atoms with Gasteiger partial charge in [-0.25, -0.2) is 18.0 Å². The molecule has 86 valence electrons. The van der Waals surface area contributed by atoms with Crippen LogP contribution in [0, 0.1) is 15.9 Å². The normalized spacial score (nSPS) is 10.5. The summed E-state index contributed by atoms with van der Waals surface area (Å²) >= 11 is 0. The number of carbonyl (C=O) groups is 1. The van der Waals surface area contributed by atoms with E-state index in [4.69, 9.17) is 5.11 Å². The van der Waals surface area contributed by atoms with Crippen molar-refractivity contribution in [2.24, 2.45) is 0 Å². The summed E-state index contributed by atoms with van der Waals surface area (Å²) in [6, 6.07) is 0. The van der Waals surface area contributed by atoms with E-state index in [2.05, 4.69) is 4.98 Å². The van der Waals surface area contributed by atoms with Crippen molar-refractivity contribution < 1.29 is 28.0 Å². The van der Waals surface area contributed by atoms with Gasteiger partial charge in [-0.3, -0.25) is 0 Å². The summed E-state index contributed by atoms with van der Waals surface area (Å²) in [5, 5.41) is 18.7. The molecule has 0 saturated heterocycles. The molecule has 0 bridgehead atoms. The minimum Gasteiger partial charge on any atom is -0.477 e. The molecule has 0 aliphatic rings. The smallest absolute Gasteiger partial charge is 0.375 e. The molecule has 0 aromatic carbocycles. The summed E-state index contributed by atoms with van der Waals surface area (Å²) in [6.07, 6.45) is -3.20. The van der Waals surface area contributed by atoms with Gasteiger partial charge < -0.3 is 15.2 Å². The van der Waals surface area contributed by atoms with Gasteiger partial charge >= 0.3 is 11.8 Å². The second-order valence-corrected chi connectivity index (χ2v) is 2.59. The van der Waals surface area contributed by atoms with Crippen molar-refractivity contribution in [3.8, 4) is 0 Å². The van der Waals surface area contributed by atoms with Crippen molar-refractivity contribution in [3.05, 3.63) is 33.3 Å². The maximum atomic E-state index is 13.2. The van der Waals surface area contributed by atoms with Crippen LogP contribution in [0.1, 0.15) is 22.3 Å². The third-order valence-corrected chi connectivity index (χ3v) is 1.65. The first-order valence-electron chi connectivity index (χ1n) is 3.70. The molecule has 0 spiro atoms. The first-order chi connectivity index (χ1) is 7.36. The van der Waals surface area contributed by atoms with E-state index in [1.54, 1.807) is 0 Å². The van der Waals surface area contributed by atoms with Crippen LogP contribution in [0.2, 0.25) is 0 Å². The highest BCUT2D eigenvalue weighted by Crippen LogP contribution is 2.30. The van der Waals surface area contributed by atoms with Crippen LogP contribution in [0.25, 0.3) is 0 Å². The Kier molecular flexibility index (Phi) is 3.06. The number of hydrogen-bond donors (Lipinski definition) is 1. The van der Waals surface area contributed by atoms with Gasteiger partial charge in [0.1, 0.15) is 5.56 Å². The molecule has 6 nitrogen and oxygen atoms in total. The van der Waals surface area contributed by atoms with Crippen molar-refractivity contribution >= 4 is 11.8 Å². The Bertz CT molecular complexity index is 463. The molecule has 1 rings (SSSR count). The van der Waals surface area contributed by atoms with Crippen LogP contribution in [0.5, 0.6) is 0 Å². The molecule has 0 aliphatic carbocycles. The number of halogens is 3. The fourth-order valence-corrected chi connectivity index (χ4v) is 0.983. The van der Waals surface area contributed by atoms with Crippen LogP contribution >= 0.6 is 0 Å². The van der Waals surface area contributed by atoms with E-state index in [0.29, 0.717) is 6.20 Å². The van der Waals surface area contributed by atoms with Crippen LogP contribution < -0.4 is 0 Å². The number of hydrogen-bond acceptors (Lipinski definition) is 4. The van der Waals surface area contributed by atoms with E-state index in [9.17, 15) is 28.1 Å². The molecule has 0 atom stereocenters. The summed E-state index contributed by atoms with van der Waals surface area (Å²) < 4.78 is 37.8. The number of alkyl halides is 2. The molecule has 1 N–H and O–H groups in total. The summed E-state index contributed by atoms with van der Waals surface area (Å²) in [5.41, 5.74) is -2.76. The second kappa shape index (κ2) is 4.13. The molecule has 1 heterocycles. The molecular formula is C7H3F3N2O4. The number of aromatic nitrogens is 1. The first kappa shape index (κ1) is 11.9. The molecule has 16 heavy (non-hydrogen) atoms. The Morgan fingerprint density at radius 1 is 1.56 bits per heavy atom. The highest BCUT2D eigenvalue weighted by molar-refractivity contribution is 5.88. The van der Waals surface area contributed by atoms with Crippen molar-refractivity contribution in [1.82, 2.24) is 4.98 Å². The van der Waals surface area contributed by atoms with Gasteiger partial charge in [-0.2, -0.15) is 0 Å². The number of carboxylic acids is 1. The zero-order chi connectivity index (χ0) is 12.5. The van der Waals surface area contributed by atoms with E-state index < -0.39 is 40.1 Å². The van der Waals surface area contributed by atoms with Crippen LogP contribution in [-0.4, -0.2) is 21.0 Å². The number of rotatable bonds is 3. The molecule has 0 amide bonds. The first-order valence-corrected chi connectivity index (χ1v) is 3.70. The number of aromatic carboxylic acids is 1. The molecular weight excluding hydrogens is 233 g/mol. The monoisotopic (exact) mass is 236 g/mol. The molecule has 0 saturated carbocycles. The summed E-state index contributed by atoms with van der Waals surface area (Å²) in [5.74, 6) is -5.07. The fourth-order valence-electron chi connectivity index (χ4n) is 0.983. The summed E-state index contributed by atoms with van der Waals surface area (Å²) in [4.78, 5) is 22.2. The molecule has 0 radical (unpaired) electrons. The van der Waals surface area contributed by atoms with Crippen molar-refractivity contribution in [3.63, 3.8) is 0 Å². The average Bonchev–Trinajstić information content (AvgIpc) is 2.15. The van der Waals surface area contributed by atoms with Gasteiger partial charge in [-0.1, -0.05) is 0 Å². The standard InChI is InChI=1S/C7H3F3N2O4/c8-4-2(7(13)14)1-11-6(12(15)16)3(4)5(9)10/h1,5H,(H,13,14). The number of nitro groups is 1. The Labute approximate surface area is 85.5 Å². The van der Waals surface area contributed by atoms with E-state index in [-0.39, 0.29) is 0 Å². The third kappa shape index (κ3) is 1.92. The maximum absolute atomic E-state index is 13.2. The molecule has 0 fully saturated rings. The largest absolute Gasteiger partial charge is 0.477 e. The number of carboxylic acid groups (broad SMARTS) is 1. The molecule has 1 aromatic heterocycles. The predicted octanol–water partition coefficient (Wildman–Crippen LogP) is 1.76. The zero-order valence-corrected chi connectivity index (χ0v) is 7.35. The van der Waals surface area contributed by atoms with Gasteiger partial charge in [0, 0.05) is 0 Å². The average molecular weight is 236 g/mol. The lowest BCUT2D eigenvalue weighted by Gasteiger charge is -2.03. The Morgan fingerprint density at radius 3 is 2.50 bits per heavy atom. The SMILES string of the molecule is O=C(O)c1cnc([N+](=O)[O-])c(C(F)F)c1F. The molecule has 0 unspecified atom stereocenters. The van der Waals surface area contributed by atoms with Gasteiger partial charge in [-0.05, 0) is 9.91 Å². The van der Waals surface area contributed by atoms with E-state index in [1.807, 2.05) is 0 Å². The second-order valence-electron chi connectivity index (χ2n) is 2.59. The van der Waals surface area contributed by atoms with Gasteiger partial charge in [0.25, 0.3) is 6.43 Å². The maximum Gasteiger partial charge on any atom is 0.375 e. The summed E-state index contributed by atoms with van der Waals surface area (Å²) in [6.45, 7) is 0. The van der Waals surface area contributed by atoms with Gasteiger partial charge in [0.2, 0.25) is 0 Å². The highest BCUT2D eigenvalue weighted by Gasteiger charge is 2.32. The minimum absolute atomic E-state index is 0.321. The topological polar surface area (TPSA) is 93.3 Å². The van der Waals surface area contributed by atoms with Crippen molar-refractivity contribution in [2.45, 2.75) is 6.43 Å². The predicted molar refractivity (Wildman–Crippen MR) is 42.8 cm³/mol. The third-order valence-electron chi connectivity index (χ3n) is 1.65. The van der Waals surface area contributed by atoms with Crippen molar-refractivity contribution in [2.75, 3.05) is 0 Å². The van der Waals surface area contributed by atoms with E-state index in [1.165, 1.54) is 0 Å². The van der Waals surface area contributed by atoms with Crippen LogP contribution in [0.3, 0.4) is 0 Å². The van der Waals surface area contributed by atoms with Gasteiger partial charge in [0.15, 0.2) is 17.6 Å².